The van der Waals surface area contributed by atoms with Gasteiger partial charge in [-0.05, 0) is 19.1 Å². The summed E-state index contributed by atoms with van der Waals surface area (Å²) in [5.74, 6) is -0.769. The minimum Gasteiger partial charge on any atom is -0.480 e. The van der Waals surface area contributed by atoms with Gasteiger partial charge in [0, 0.05) is 18.1 Å². The van der Waals surface area contributed by atoms with Crippen molar-refractivity contribution >= 4 is 29.5 Å². The van der Waals surface area contributed by atoms with Gasteiger partial charge in [0.2, 0.25) is 5.91 Å². The number of rotatable bonds is 4. The van der Waals surface area contributed by atoms with E-state index in [1.165, 1.54) is 35.9 Å². The Morgan fingerprint density at radius 3 is 2.90 bits per heavy atom. The number of furan rings is 1. The molecule has 8 heteroatoms. The molecule has 0 spiro atoms. The number of aliphatic carboxylic acids is 1. The molecule has 7 nitrogen and oxygen atoms in total. The zero-order chi connectivity index (χ0) is 15.4. The number of carbonyl (C=O) groups is 3. The highest BCUT2D eigenvalue weighted by Crippen LogP contribution is 2.17. The van der Waals surface area contributed by atoms with Crippen molar-refractivity contribution in [3.05, 3.63) is 24.2 Å². The molecule has 2 heterocycles. The van der Waals surface area contributed by atoms with E-state index in [2.05, 4.69) is 5.32 Å². The Morgan fingerprint density at radius 1 is 1.52 bits per heavy atom. The first-order valence-electron chi connectivity index (χ1n) is 6.46. The van der Waals surface area contributed by atoms with E-state index in [4.69, 9.17) is 9.52 Å². The maximum absolute atomic E-state index is 12.3. The highest BCUT2D eigenvalue weighted by molar-refractivity contribution is 7.99. The number of carboxylic acids is 1. The van der Waals surface area contributed by atoms with Gasteiger partial charge in [0.15, 0.2) is 5.76 Å². The molecule has 0 saturated carbocycles. The first kappa shape index (κ1) is 15.4. The van der Waals surface area contributed by atoms with Crippen LogP contribution >= 0.6 is 11.8 Å². The van der Waals surface area contributed by atoms with Crippen molar-refractivity contribution < 1.29 is 23.9 Å². The third-order valence-corrected chi connectivity index (χ3v) is 4.18. The molecule has 0 radical (unpaired) electrons. The summed E-state index contributed by atoms with van der Waals surface area (Å²) in [6, 6.07) is 1.40. The van der Waals surface area contributed by atoms with Crippen molar-refractivity contribution in [3.63, 3.8) is 0 Å². The largest absolute Gasteiger partial charge is 0.480 e. The molecule has 1 aromatic heterocycles. The fourth-order valence-corrected chi connectivity index (χ4v) is 3.10. The lowest BCUT2D eigenvalue weighted by molar-refractivity contribution is -0.149. The number of hydrogen-bond donors (Lipinski definition) is 2. The molecule has 0 aliphatic carbocycles. The van der Waals surface area contributed by atoms with Crippen molar-refractivity contribution in [3.8, 4) is 0 Å². The SMILES string of the molecule is CC(NC(=O)c1ccco1)C(=O)N1CCSCC1C(=O)O. The summed E-state index contributed by atoms with van der Waals surface area (Å²) in [7, 11) is 0. The molecule has 2 N–H and O–H groups in total. The van der Waals surface area contributed by atoms with E-state index in [0.29, 0.717) is 18.1 Å². The van der Waals surface area contributed by atoms with Crippen LogP contribution in [0.5, 0.6) is 0 Å². The van der Waals surface area contributed by atoms with Crippen LogP contribution in [0.25, 0.3) is 0 Å². The molecule has 2 amide bonds. The van der Waals surface area contributed by atoms with Gasteiger partial charge in [-0.1, -0.05) is 0 Å². The van der Waals surface area contributed by atoms with Crippen LogP contribution in [0.2, 0.25) is 0 Å². The summed E-state index contributed by atoms with van der Waals surface area (Å²) >= 11 is 1.50. The maximum Gasteiger partial charge on any atom is 0.327 e. The standard InChI is InChI=1S/C13H16N2O5S/c1-8(14-11(16)10-3-2-5-20-10)12(17)15-4-6-21-7-9(15)13(18)19/h2-3,5,8-9H,4,6-7H2,1H3,(H,14,16)(H,18,19). The van der Waals surface area contributed by atoms with Gasteiger partial charge in [-0.15, -0.1) is 0 Å². The van der Waals surface area contributed by atoms with Gasteiger partial charge in [0.25, 0.3) is 5.91 Å². The van der Waals surface area contributed by atoms with Gasteiger partial charge in [-0.2, -0.15) is 11.8 Å². The lowest BCUT2D eigenvalue weighted by Gasteiger charge is -2.34. The van der Waals surface area contributed by atoms with E-state index < -0.39 is 29.9 Å². The smallest absolute Gasteiger partial charge is 0.327 e. The molecule has 1 aromatic rings. The predicted molar refractivity (Wildman–Crippen MR) is 76.1 cm³/mol. The van der Waals surface area contributed by atoms with E-state index in [1.807, 2.05) is 0 Å². The number of nitrogens with zero attached hydrogens (tertiary/aromatic N) is 1. The van der Waals surface area contributed by atoms with E-state index in [0.717, 1.165) is 0 Å². The molecule has 1 aliphatic rings. The highest BCUT2D eigenvalue weighted by atomic mass is 32.2. The lowest BCUT2D eigenvalue weighted by atomic mass is 10.2. The first-order chi connectivity index (χ1) is 10.0. The van der Waals surface area contributed by atoms with Crippen molar-refractivity contribution in [2.24, 2.45) is 0 Å². The number of hydrogen-bond acceptors (Lipinski definition) is 5. The summed E-state index contributed by atoms with van der Waals surface area (Å²) in [5, 5.41) is 11.7. The molecule has 1 aliphatic heterocycles. The molecule has 21 heavy (non-hydrogen) atoms. The van der Waals surface area contributed by atoms with Crippen molar-refractivity contribution in [1.82, 2.24) is 10.2 Å². The zero-order valence-corrected chi connectivity index (χ0v) is 12.3. The summed E-state index contributed by atoms with van der Waals surface area (Å²) in [5.41, 5.74) is 0. The molecule has 1 fully saturated rings. The van der Waals surface area contributed by atoms with Crippen LogP contribution in [0.15, 0.2) is 22.8 Å². The zero-order valence-electron chi connectivity index (χ0n) is 11.4. The number of carboxylic acid groups (broad SMARTS) is 1. The van der Waals surface area contributed by atoms with Gasteiger partial charge in [-0.25, -0.2) is 4.79 Å². The van der Waals surface area contributed by atoms with Crippen LogP contribution in [0.1, 0.15) is 17.5 Å². The van der Waals surface area contributed by atoms with Crippen LogP contribution in [-0.4, -0.2) is 57.9 Å². The molecular formula is C13H16N2O5S. The van der Waals surface area contributed by atoms with E-state index in [-0.39, 0.29) is 5.76 Å². The second kappa shape index (κ2) is 6.66. The van der Waals surface area contributed by atoms with E-state index in [9.17, 15) is 14.4 Å². The van der Waals surface area contributed by atoms with Gasteiger partial charge in [0.1, 0.15) is 12.1 Å². The normalized spacial score (nSPS) is 19.9. The summed E-state index contributed by atoms with van der Waals surface area (Å²) < 4.78 is 4.95. The first-order valence-corrected chi connectivity index (χ1v) is 7.61. The Hall–Kier alpha value is -1.96. The number of carbonyl (C=O) groups excluding carboxylic acids is 2. The highest BCUT2D eigenvalue weighted by Gasteiger charge is 2.34. The second-order valence-electron chi connectivity index (χ2n) is 4.63. The van der Waals surface area contributed by atoms with Gasteiger partial charge in [-0.3, -0.25) is 9.59 Å². The Kier molecular flexibility index (Phi) is 4.89. The van der Waals surface area contributed by atoms with Crippen LogP contribution in [0.3, 0.4) is 0 Å². The van der Waals surface area contributed by atoms with Crippen molar-refractivity contribution in [1.29, 1.82) is 0 Å². The minimum atomic E-state index is -1.03. The van der Waals surface area contributed by atoms with Crippen molar-refractivity contribution in [2.45, 2.75) is 19.0 Å². The molecule has 114 valence electrons. The van der Waals surface area contributed by atoms with Gasteiger partial charge in [0.05, 0.1) is 6.26 Å². The van der Waals surface area contributed by atoms with Crippen LogP contribution in [0.4, 0.5) is 0 Å². The Bertz CT molecular complexity index is 531. The quantitative estimate of drug-likeness (QED) is 0.836. The number of thioether (sulfide) groups is 1. The monoisotopic (exact) mass is 312 g/mol. The fourth-order valence-electron chi connectivity index (χ4n) is 2.06. The van der Waals surface area contributed by atoms with Gasteiger partial charge < -0.3 is 19.7 Å². The minimum absolute atomic E-state index is 0.110. The number of nitrogens with one attached hydrogen (secondary N) is 1. The molecule has 0 bridgehead atoms. The third-order valence-electron chi connectivity index (χ3n) is 3.16. The Morgan fingerprint density at radius 2 is 2.29 bits per heavy atom. The molecule has 0 aromatic carbocycles. The average Bonchev–Trinajstić information content (AvgIpc) is 3.00. The lowest BCUT2D eigenvalue weighted by Crippen LogP contribution is -2.56. The molecule has 2 atom stereocenters. The van der Waals surface area contributed by atoms with E-state index >= 15 is 0 Å². The van der Waals surface area contributed by atoms with Crippen LogP contribution in [-0.2, 0) is 9.59 Å². The van der Waals surface area contributed by atoms with Crippen molar-refractivity contribution in [2.75, 3.05) is 18.1 Å². The molecule has 2 rings (SSSR count). The van der Waals surface area contributed by atoms with Gasteiger partial charge >= 0.3 is 5.97 Å². The van der Waals surface area contributed by atoms with Crippen LogP contribution < -0.4 is 5.32 Å². The maximum atomic E-state index is 12.3. The Balaban J connectivity index is 2.00. The summed E-state index contributed by atoms with van der Waals surface area (Å²) in [6.07, 6.45) is 1.36. The topological polar surface area (TPSA) is 99.9 Å². The molecular weight excluding hydrogens is 296 g/mol. The molecule has 2 unspecified atom stereocenters. The Labute approximate surface area is 125 Å². The molecule has 1 saturated heterocycles. The average molecular weight is 312 g/mol. The summed E-state index contributed by atoms with van der Waals surface area (Å²) in [6.45, 7) is 1.89. The predicted octanol–water partition coefficient (Wildman–Crippen LogP) is 0.426. The fraction of sp³-hybridized carbons (Fsp3) is 0.462. The number of amides is 2. The third kappa shape index (κ3) is 3.57. The summed E-state index contributed by atoms with van der Waals surface area (Å²) in [4.78, 5) is 36.7. The van der Waals surface area contributed by atoms with E-state index in [1.54, 1.807) is 6.07 Å². The van der Waals surface area contributed by atoms with Crippen LogP contribution in [0, 0.1) is 0 Å². The second-order valence-corrected chi connectivity index (χ2v) is 5.78.